The Kier molecular flexibility index (Phi) is 5.12. The number of aliphatic carboxylic acids is 1. The summed E-state index contributed by atoms with van der Waals surface area (Å²) >= 11 is 1.83. The van der Waals surface area contributed by atoms with Gasteiger partial charge in [0.25, 0.3) is 0 Å². The summed E-state index contributed by atoms with van der Waals surface area (Å²) < 4.78 is 0. The molecule has 1 aromatic rings. The Labute approximate surface area is 128 Å². The Bertz CT molecular complexity index is 509. The first kappa shape index (κ1) is 15.7. The lowest BCUT2D eigenvalue weighted by Crippen LogP contribution is -2.53. The molecule has 0 aliphatic carbocycles. The average molecular weight is 308 g/mol. The lowest BCUT2D eigenvalue weighted by Gasteiger charge is -2.37. The summed E-state index contributed by atoms with van der Waals surface area (Å²) in [5.41, 5.74) is 0.574. The van der Waals surface area contributed by atoms with E-state index in [1.54, 1.807) is 29.2 Å². The van der Waals surface area contributed by atoms with Crippen molar-refractivity contribution < 1.29 is 14.7 Å². The minimum atomic E-state index is -1.05. The standard InChI is InChI=1S/C15H20N2O3S/c1-10-11(2)21-9-8-17(10)15(20)16-13(14(18)19)12-6-4-3-5-7-12/h3-7,10-11,13H,8-9H2,1-2H3,(H,16,20)(H,18,19). The molecule has 1 aromatic carbocycles. The molecule has 21 heavy (non-hydrogen) atoms. The zero-order valence-corrected chi connectivity index (χ0v) is 13.0. The van der Waals surface area contributed by atoms with Gasteiger partial charge in [-0.15, -0.1) is 0 Å². The summed E-state index contributed by atoms with van der Waals surface area (Å²) in [5, 5.41) is 12.3. The highest BCUT2D eigenvalue weighted by Crippen LogP contribution is 2.24. The van der Waals surface area contributed by atoms with E-state index >= 15 is 0 Å². The van der Waals surface area contributed by atoms with Crippen molar-refractivity contribution in [3.05, 3.63) is 35.9 Å². The number of hydrogen-bond donors (Lipinski definition) is 2. The molecule has 2 amide bonds. The van der Waals surface area contributed by atoms with Crippen LogP contribution in [0.5, 0.6) is 0 Å². The Hall–Kier alpha value is -1.69. The number of carbonyl (C=O) groups is 2. The van der Waals surface area contributed by atoms with Crippen LogP contribution < -0.4 is 5.32 Å². The van der Waals surface area contributed by atoms with Gasteiger partial charge in [0.15, 0.2) is 6.04 Å². The first-order chi connectivity index (χ1) is 10.0. The van der Waals surface area contributed by atoms with Crippen LogP contribution in [0.25, 0.3) is 0 Å². The molecule has 2 rings (SSSR count). The fourth-order valence-corrected chi connectivity index (χ4v) is 3.46. The monoisotopic (exact) mass is 308 g/mol. The number of rotatable bonds is 3. The van der Waals surface area contributed by atoms with Gasteiger partial charge in [-0.1, -0.05) is 37.3 Å². The van der Waals surface area contributed by atoms with Crippen molar-refractivity contribution in [3.8, 4) is 0 Å². The Morgan fingerprint density at radius 3 is 2.62 bits per heavy atom. The highest BCUT2D eigenvalue weighted by atomic mass is 32.2. The van der Waals surface area contributed by atoms with Crippen LogP contribution in [0.2, 0.25) is 0 Å². The van der Waals surface area contributed by atoms with Crippen LogP contribution in [0.15, 0.2) is 30.3 Å². The third kappa shape index (κ3) is 3.69. The van der Waals surface area contributed by atoms with Crippen LogP contribution in [-0.4, -0.2) is 45.6 Å². The van der Waals surface area contributed by atoms with Gasteiger partial charge in [0, 0.05) is 23.6 Å². The molecule has 0 saturated carbocycles. The van der Waals surface area contributed by atoms with E-state index in [2.05, 4.69) is 12.2 Å². The number of carbonyl (C=O) groups excluding carboxylic acids is 1. The fourth-order valence-electron chi connectivity index (χ4n) is 2.36. The largest absolute Gasteiger partial charge is 0.479 e. The van der Waals surface area contributed by atoms with Gasteiger partial charge >= 0.3 is 12.0 Å². The lowest BCUT2D eigenvalue weighted by molar-refractivity contribution is -0.139. The van der Waals surface area contributed by atoms with Crippen molar-refractivity contribution in [1.82, 2.24) is 10.2 Å². The molecule has 1 saturated heterocycles. The van der Waals surface area contributed by atoms with E-state index in [0.29, 0.717) is 17.4 Å². The van der Waals surface area contributed by atoms with Gasteiger partial charge in [-0.2, -0.15) is 11.8 Å². The first-order valence-corrected chi connectivity index (χ1v) is 8.02. The molecule has 1 aliphatic rings. The second-order valence-electron chi connectivity index (χ2n) is 5.14. The molecule has 1 fully saturated rings. The Balaban J connectivity index is 2.10. The van der Waals surface area contributed by atoms with E-state index in [0.717, 1.165) is 5.75 Å². The summed E-state index contributed by atoms with van der Waals surface area (Å²) in [6, 6.07) is 7.51. The smallest absolute Gasteiger partial charge is 0.330 e. The molecule has 114 valence electrons. The van der Waals surface area contributed by atoms with E-state index in [1.165, 1.54) is 0 Å². The zero-order chi connectivity index (χ0) is 15.4. The quantitative estimate of drug-likeness (QED) is 0.899. The predicted octanol–water partition coefficient (Wildman–Crippen LogP) is 2.35. The Morgan fingerprint density at radius 2 is 2.00 bits per heavy atom. The van der Waals surface area contributed by atoms with Crippen molar-refractivity contribution in [2.24, 2.45) is 0 Å². The second-order valence-corrected chi connectivity index (χ2v) is 6.63. The van der Waals surface area contributed by atoms with Crippen molar-refractivity contribution in [2.75, 3.05) is 12.3 Å². The minimum absolute atomic E-state index is 0.0916. The highest BCUT2D eigenvalue weighted by molar-refractivity contribution is 8.00. The van der Waals surface area contributed by atoms with E-state index in [4.69, 9.17) is 0 Å². The van der Waals surface area contributed by atoms with E-state index < -0.39 is 12.0 Å². The third-order valence-corrected chi connectivity index (χ3v) is 5.13. The number of hydrogen-bond acceptors (Lipinski definition) is 3. The fraction of sp³-hybridized carbons (Fsp3) is 0.467. The molecular formula is C15H20N2O3S. The lowest BCUT2D eigenvalue weighted by atomic mass is 10.1. The van der Waals surface area contributed by atoms with Crippen LogP contribution in [-0.2, 0) is 4.79 Å². The maximum absolute atomic E-state index is 12.4. The Morgan fingerprint density at radius 1 is 1.33 bits per heavy atom. The zero-order valence-electron chi connectivity index (χ0n) is 12.2. The molecule has 2 N–H and O–H groups in total. The van der Waals surface area contributed by atoms with Crippen molar-refractivity contribution in [2.45, 2.75) is 31.2 Å². The number of nitrogens with one attached hydrogen (secondary N) is 1. The maximum Gasteiger partial charge on any atom is 0.330 e. The van der Waals surface area contributed by atoms with Crippen LogP contribution in [0.1, 0.15) is 25.5 Å². The predicted molar refractivity (Wildman–Crippen MR) is 83.4 cm³/mol. The molecule has 3 atom stereocenters. The van der Waals surface area contributed by atoms with Gasteiger partial charge in [0.2, 0.25) is 0 Å². The van der Waals surface area contributed by atoms with Gasteiger partial charge in [-0.3, -0.25) is 0 Å². The molecule has 1 aliphatic heterocycles. The normalized spacial score (nSPS) is 23.4. The number of carboxylic acids is 1. The van der Waals surface area contributed by atoms with Gasteiger partial charge in [-0.25, -0.2) is 9.59 Å². The molecule has 5 nitrogen and oxygen atoms in total. The summed E-state index contributed by atoms with van der Waals surface area (Å²) in [5.74, 6) is -0.177. The van der Waals surface area contributed by atoms with Gasteiger partial charge in [0.1, 0.15) is 0 Å². The highest BCUT2D eigenvalue weighted by Gasteiger charge is 2.31. The minimum Gasteiger partial charge on any atom is -0.479 e. The molecule has 1 heterocycles. The van der Waals surface area contributed by atoms with Crippen LogP contribution >= 0.6 is 11.8 Å². The van der Waals surface area contributed by atoms with E-state index in [1.807, 2.05) is 24.8 Å². The topological polar surface area (TPSA) is 69.6 Å². The maximum atomic E-state index is 12.4. The number of thioether (sulfide) groups is 1. The molecule has 0 radical (unpaired) electrons. The number of urea groups is 1. The molecular weight excluding hydrogens is 288 g/mol. The molecule has 3 unspecified atom stereocenters. The number of amides is 2. The van der Waals surface area contributed by atoms with Crippen molar-refractivity contribution in [3.63, 3.8) is 0 Å². The average Bonchev–Trinajstić information content (AvgIpc) is 2.48. The van der Waals surface area contributed by atoms with Crippen LogP contribution in [0.3, 0.4) is 0 Å². The van der Waals surface area contributed by atoms with E-state index in [9.17, 15) is 14.7 Å². The van der Waals surface area contributed by atoms with Gasteiger partial charge in [0.05, 0.1) is 0 Å². The SMILES string of the molecule is CC1SCCN(C(=O)NC(C(=O)O)c2ccccc2)C1C. The summed E-state index contributed by atoms with van der Waals surface area (Å²) in [4.78, 5) is 25.5. The van der Waals surface area contributed by atoms with Crippen molar-refractivity contribution in [1.29, 1.82) is 0 Å². The molecule has 6 heteroatoms. The number of carboxylic acid groups (broad SMARTS) is 1. The number of benzene rings is 1. The molecule has 0 spiro atoms. The van der Waals surface area contributed by atoms with E-state index in [-0.39, 0.29) is 12.1 Å². The summed E-state index contributed by atoms with van der Waals surface area (Å²) in [7, 11) is 0. The summed E-state index contributed by atoms with van der Waals surface area (Å²) in [6.07, 6.45) is 0. The van der Waals surface area contributed by atoms with Crippen molar-refractivity contribution >= 4 is 23.8 Å². The summed E-state index contributed by atoms with van der Waals surface area (Å²) in [6.45, 7) is 4.72. The molecule has 0 aromatic heterocycles. The number of nitrogens with zero attached hydrogens (tertiary/aromatic N) is 1. The van der Waals surface area contributed by atoms with Gasteiger partial charge < -0.3 is 15.3 Å². The molecule has 0 bridgehead atoms. The third-order valence-electron chi connectivity index (χ3n) is 3.79. The second kappa shape index (κ2) is 6.85. The first-order valence-electron chi connectivity index (χ1n) is 6.97. The van der Waals surface area contributed by atoms with Gasteiger partial charge in [-0.05, 0) is 12.5 Å². The van der Waals surface area contributed by atoms with Crippen LogP contribution in [0.4, 0.5) is 4.79 Å². The van der Waals surface area contributed by atoms with Crippen LogP contribution in [0, 0.1) is 0 Å².